The highest BCUT2D eigenvalue weighted by Crippen LogP contribution is 2.27. The number of hydrogen-bond donors (Lipinski definition) is 2. The lowest BCUT2D eigenvalue weighted by Gasteiger charge is -2.04. The van der Waals surface area contributed by atoms with Crippen LogP contribution >= 0.6 is 23.4 Å². The molecule has 0 spiro atoms. The Labute approximate surface area is 165 Å². The van der Waals surface area contributed by atoms with Crippen molar-refractivity contribution in [2.24, 2.45) is 10.1 Å². The molecule has 0 aromatic heterocycles. The highest BCUT2D eigenvalue weighted by atomic mass is 35.5. The maximum Gasteiger partial charge on any atom is 0.240 e. The number of benzene rings is 2. The van der Waals surface area contributed by atoms with Crippen LogP contribution in [-0.4, -0.2) is 30.5 Å². The first-order valence-electron chi connectivity index (χ1n) is 7.70. The Morgan fingerprint density at radius 1 is 1.15 bits per heavy atom. The van der Waals surface area contributed by atoms with Crippen LogP contribution in [0.3, 0.4) is 0 Å². The summed E-state index contributed by atoms with van der Waals surface area (Å²) >= 11 is 6.95. The van der Waals surface area contributed by atoms with Gasteiger partial charge in [-0.3, -0.25) is 9.59 Å². The molecule has 1 amide bonds. The third-order valence-electron chi connectivity index (χ3n) is 3.71. The van der Waals surface area contributed by atoms with Gasteiger partial charge in [0.15, 0.2) is 11.0 Å². The van der Waals surface area contributed by atoms with E-state index in [2.05, 4.69) is 10.3 Å². The predicted octanol–water partition coefficient (Wildman–Crippen LogP) is 2.48. The molecule has 1 saturated heterocycles. The fourth-order valence-corrected chi connectivity index (χ4v) is 3.97. The molecule has 0 aliphatic carbocycles. The summed E-state index contributed by atoms with van der Waals surface area (Å²) in [7, 11) is -3.78. The maximum atomic E-state index is 12.3. The average Bonchev–Trinajstić information content (AvgIpc) is 2.94. The molecule has 3 N–H and O–H groups in total. The van der Waals surface area contributed by atoms with Crippen LogP contribution in [0.1, 0.15) is 16.8 Å². The number of halogens is 1. The first kappa shape index (κ1) is 19.6. The van der Waals surface area contributed by atoms with Crippen LogP contribution in [0.4, 0.5) is 5.69 Å². The summed E-state index contributed by atoms with van der Waals surface area (Å²) in [6.45, 7) is 0. The fourth-order valence-electron chi connectivity index (χ4n) is 2.34. The van der Waals surface area contributed by atoms with Gasteiger partial charge in [0.1, 0.15) is 0 Å². The number of carbonyl (C=O) groups excluding carboxylic acids is 2. The summed E-state index contributed by atoms with van der Waals surface area (Å²) in [6, 6.07) is 12.1. The van der Waals surface area contributed by atoms with Gasteiger partial charge in [-0.25, -0.2) is 18.5 Å². The molecular formula is C17H14ClN3O4S2. The topological polar surface area (TPSA) is 119 Å². The molecule has 1 aliphatic heterocycles. The van der Waals surface area contributed by atoms with E-state index in [1.807, 2.05) is 0 Å². The molecule has 0 saturated carbocycles. The molecule has 2 aromatic rings. The number of nitrogens with two attached hydrogens (primary N) is 1. The lowest BCUT2D eigenvalue weighted by atomic mass is 10.1. The van der Waals surface area contributed by atoms with Crippen LogP contribution < -0.4 is 10.5 Å². The van der Waals surface area contributed by atoms with Crippen molar-refractivity contribution in [1.82, 2.24) is 5.32 Å². The number of hydrogen-bond acceptors (Lipinski definition) is 6. The lowest BCUT2D eigenvalue weighted by Crippen LogP contribution is -2.26. The van der Waals surface area contributed by atoms with E-state index in [0.717, 1.165) is 11.8 Å². The number of thioether (sulfide) groups is 1. The first-order valence-corrected chi connectivity index (χ1v) is 10.5. The summed E-state index contributed by atoms with van der Waals surface area (Å²) in [5.74, 6) is -0.472. The molecule has 1 fully saturated rings. The van der Waals surface area contributed by atoms with E-state index in [0.29, 0.717) is 21.4 Å². The van der Waals surface area contributed by atoms with Crippen molar-refractivity contribution in [3.05, 3.63) is 59.1 Å². The van der Waals surface area contributed by atoms with Crippen molar-refractivity contribution in [2.75, 3.05) is 0 Å². The summed E-state index contributed by atoms with van der Waals surface area (Å²) < 4.78 is 22.5. The van der Waals surface area contributed by atoms with Crippen LogP contribution in [0.25, 0.3) is 0 Å². The number of aliphatic imine (C=N–C) groups is 1. The summed E-state index contributed by atoms with van der Waals surface area (Å²) in [5.41, 5.74) is 0.937. The average molecular weight is 424 g/mol. The van der Waals surface area contributed by atoms with Crippen LogP contribution in [0.5, 0.6) is 0 Å². The predicted molar refractivity (Wildman–Crippen MR) is 105 cm³/mol. The van der Waals surface area contributed by atoms with Crippen molar-refractivity contribution in [3.63, 3.8) is 0 Å². The van der Waals surface area contributed by atoms with Gasteiger partial charge < -0.3 is 5.32 Å². The van der Waals surface area contributed by atoms with E-state index >= 15 is 0 Å². The molecule has 1 atom stereocenters. The maximum absolute atomic E-state index is 12.3. The zero-order valence-corrected chi connectivity index (χ0v) is 16.1. The van der Waals surface area contributed by atoms with E-state index < -0.39 is 15.3 Å². The van der Waals surface area contributed by atoms with Crippen LogP contribution in [0.15, 0.2) is 58.4 Å². The summed E-state index contributed by atoms with van der Waals surface area (Å²) in [5, 5.41) is 7.95. The standard InChI is InChI=1S/C17H14ClN3O4S2/c18-11-3-1-10(2-4-11)14(22)9-15-16(23)21-17(26-15)20-12-5-7-13(8-6-12)27(19,24)25/h1-8,15H,9H2,(H2,19,24,25)(H,20,21,23). The van der Waals surface area contributed by atoms with Gasteiger partial charge in [-0.1, -0.05) is 23.4 Å². The van der Waals surface area contributed by atoms with E-state index in [4.69, 9.17) is 16.7 Å². The largest absolute Gasteiger partial charge is 0.304 e. The molecule has 0 bridgehead atoms. The molecule has 2 aromatic carbocycles. The zero-order chi connectivity index (χ0) is 19.6. The van der Waals surface area contributed by atoms with Gasteiger partial charge in [0.05, 0.1) is 15.8 Å². The second-order valence-electron chi connectivity index (χ2n) is 5.69. The Kier molecular flexibility index (Phi) is 5.66. The zero-order valence-electron chi connectivity index (χ0n) is 13.8. The van der Waals surface area contributed by atoms with Gasteiger partial charge >= 0.3 is 0 Å². The number of nitrogens with one attached hydrogen (secondary N) is 1. The number of primary sulfonamides is 1. The smallest absolute Gasteiger partial charge is 0.240 e. The highest BCUT2D eigenvalue weighted by Gasteiger charge is 2.32. The Hall–Kier alpha value is -2.20. The summed E-state index contributed by atoms with van der Waals surface area (Å²) in [4.78, 5) is 28.6. The third kappa shape index (κ3) is 4.95. The van der Waals surface area contributed by atoms with Crippen LogP contribution in [-0.2, 0) is 14.8 Å². The monoisotopic (exact) mass is 423 g/mol. The second-order valence-corrected chi connectivity index (χ2v) is 8.88. The minimum Gasteiger partial charge on any atom is -0.304 e. The Morgan fingerprint density at radius 3 is 2.37 bits per heavy atom. The van der Waals surface area contributed by atoms with Crippen molar-refractivity contribution >= 4 is 55.9 Å². The lowest BCUT2D eigenvalue weighted by molar-refractivity contribution is -0.118. The number of nitrogens with zero attached hydrogens (tertiary/aromatic N) is 1. The number of amidine groups is 1. The molecule has 140 valence electrons. The van der Waals surface area contributed by atoms with Crippen molar-refractivity contribution in [2.45, 2.75) is 16.6 Å². The molecule has 27 heavy (non-hydrogen) atoms. The molecule has 1 unspecified atom stereocenters. The van der Waals surface area contributed by atoms with Gasteiger partial charge in [-0.05, 0) is 48.5 Å². The summed E-state index contributed by atoms with van der Waals surface area (Å²) in [6.07, 6.45) is 0.0293. The van der Waals surface area contributed by atoms with Gasteiger partial charge in [0.25, 0.3) is 0 Å². The number of Topliss-reactive ketones (excluding diaryl/α,β-unsaturated/α-hetero) is 1. The van der Waals surface area contributed by atoms with Gasteiger partial charge in [-0.15, -0.1) is 0 Å². The fraction of sp³-hybridized carbons (Fsp3) is 0.118. The normalized spacial score (nSPS) is 18.5. The van der Waals surface area contributed by atoms with Crippen LogP contribution in [0, 0.1) is 0 Å². The molecule has 1 aliphatic rings. The minimum absolute atomic E-state index is 0.0269. The first-order chi connectivity index (χ1) is 12.7. The molecule has 3 rings (SSSR count). The second kappa shape index (κ2) is 7.81. The van der Waals surface area contributed by atoms with E-state index in [-0.39, 0.29) is 23.0 Å². The number of rotatable bonds is 5. The van der Waals surface area contributed by atoms with E-state index in [9.17, 15) is 18.0 Å². The van der Waals surface area contributed by atoms with Crippen LogP contribution in [0.2, 0.25) is 5.02 Å². The molecule has 0 radical (unpaired) electrons. The number of ketones is 1. The van der Waals surface area contributed by atoms with Gasteiger partial charge in [-0.2, -0.15) is 0 Å². The van der Waals surface area contributed by atoms with Crippen molar-refractivity contribution < 1.29 is 18.0 Å². The van der Waals surface area contributed by atoms with Crippen molar-refractivity contribution in [1.29, 1.82) is 0 Å². The Balaban J connectivity index is 1.68. The van der Waals surface area contributed by atoms with Gasteiger partial charge in [0.2, 0.25) is 15.9 Å². The number of sulfonamides is 1. The molecule has 1 heterocycles. The molecular weight excluding hydrogens is 410 g/mol. The van der Waals surface area contributed by atoms with E-state index in [1.54, 1.807) is 24.3 Å². The Bertz CT molecular complexity index is 1020. The van der Waals surface area contributed by atoms with Crippen molar-refractivity contribution in [3.8, 4) is 0 Å². The van der Waals surface area contributed by atoms with E-state index in [1.165, 1.54) is 24.3 Å². The third-order valence-corrected chi connectivity index (χ3v) is 5.97. The minimum atomic E-state index is -3.78. The molecule has 7 nitrogen and oxygen atoms in total. The molecule has 10 heteroatoms. The number of amides is 1. The highest BCUT2D eigenvalue weighted by molar-refractivity contribution is 8.15. The number of carbonyl (C=O) groups is 2. The SMILES string of the molecule is NS(=O)(=O)c1ccc(N=C2NC(=O)C(CC(=O)c3ccc(Cl)cc3)S2)cc1. The Morgan fingerprint density at radius 2 is 1.78 bits per heavy atom. The van der Waals surface area contributed by atoms with Gasteiger partial charge in [0, 0.05) is 17.0 Å². The quantitative estimate of drug-likeness (QED) is 0.716.